The number of halogens is 1. The largest absolute Gasteiger partial charge is 0.495 e. The van der Waals surface area contributed by atoms with Gasteiger partial charge in [-0.3, -0.25) is 8.77 Å². The maximum Gasteiger partial charge on any atom is 0.254 e. The highest BCUT2D eigenvalue weighted by Gasteiger charge is 2.22. The van der Waals surface area contributed by atoms with E-state index in [1.165, 1.54) is 9.12 Å². The predicted octanol–water partition coefficient (Wildman–Crippen LogP) is 4.12. The minimum atomic E-state index is 0.0108. The molecule has 1 aliphatic rings. The quantitative estimate of drug-likeness (QED) is 0.417. The van der Waals surface area contributed by atoms with Gasteiger partial charge < -0.3 is 24.6 Å². The van der Waals surface area contributed by atoms with E-state index in [0.29, 0.717) is 35.4 Å². The van der Waals surface area contributed by atoms with Crippen LogP contribution in [0.25, 0.3) is 11.0 Å². The Bertz CT molecular complexity index is 1160. The van der Waals surface area contributed by atoms with Crippen LogP contribution in [-0.4, -0.2) is 76.6 Å². The third-order valence-corrected chi connectivity index (χ3v) is 7.31. The molecule has 3 heterocycles. The van der Waals surface area contributed by atoms with Crippen molar-refractivity contribution in [2.24, 2.45) is 0 Å². The molecule has 0 spiro atoms. The van der Waals surface area contributed by atoms with Gasteiger partial charge in [0.05, 0.1) is 24.8 Å². The number of ether oxygens (including phenoxy) is 2. The number of rotatable bonds is 7. The number of aromatic nitrogens is 3. The number of likely N-dealkylation sites (N-methyl/N-ethyl adjacent to an activating group) is 1. The molecular weight excluding hydrogens is 555 g/mol. The van der Waals surface area contributed by atoms with Gasteiger partial charge in [0.2, 0.25) is 11.8 Å². The molecule has 0 saturated carbocycles. The SMILES string of the molecule is CCOc1nc(Nc2ccc(C(=O)N3CCN(C)CC3)cc2OC)nc2c1c(C)cn2SI. The number of hydrogen-bond acceptors (Lipinski definition) is 8. The smallest absolute Gasteiger partial charge is 0.254 e. The topological polar surface area (TPSA) is 84.8 Å². The van der Waals surface area contributed by atoms with Crippen LogP contribution in [-0.2, 0) is 0 Å². The Labute approximate surface area is 209 Å². The number of fused-ring (bicyclic) bond motifs is 1. The van der Waals surface area contributed by atoms with Crippen molar-refractivity contribution >= 4 is 58.9 Å². The third kappa shape index (κ3) is 4.99. The fourth-order valence-corrected chi connectivity index (χ4v) is 5.12. The molecule has 3 aromatic rings. The number of aryl methyl sites for hydroxylation is 1. The molecule has 1 N–H and O–H groups in total. The van der Waals surface area contributed by atoms with Crippen LogP contribution in [0.5, 0.6) is 11.6 Å². The van der Waals surface area contributed by atoms with Crippen molar-refractivity contribution < 1.29 is 14.3 Å². The third-order valence-electron chi connectivity index (χ3n) is 5.61. The molecule has 2 aromatic heterocycles. The first-order valence-electron chi connectivity index (χ1n) is 10.7. The van der Waals surface area contributed by atoms with E-state index in [1.807, 2.05) is 35.0 Å². The number of benzene rings is 1. The van der Waals surface area contributed by atoms with Gasteiger partial charge in [0.1, 0.15) is 5.75 Å². The Morgan fingerprint density at radius 1 is 1.24 bits per heavy atom. The highest BCUT2D eigenvalue weighted by atomic mass is 127. The van der Waals surface area contributed by atoms with Crippen molar-refractivity contribution in [2.45, 2.75) is 13.8 Å². The van der Waals surface area contributed by atoms with Crippen molar-refractivity contribution in [1.82, 2.24) is 23.7 Å². The van der Waals surface area contributed by atoms with Gasteiger partial charge in [-0.25, -0.2) is 0 Å². The average molecular weight is 582 g/mol. The Morgan fingerprint density at radius 3 is 2.67 bits per heavy atom. The molecule has 0 aliphatic carbocycles. The second kappa shape index (κ2) is 10.3. The number of nitrogens with one attached hydrogen (secondary N) is 1. The standard InChI is InChI=1S/C22H27IN6O3S/c1-5-32-20-18-14(2)13-29(33-23)19(18)25-22(26-20)24-16-7-6-15(12-17(16)31-4)21(30)28-10-8-27(3)9-11-28/h6-7,12-13H,5,8-11H2,1-4H3,(H,24,25,26). The summed E-state index contributed by atoms with van der Waals surface area (Å²) in [5.74, 6) is 1.49. The zero-order valence-corrected chi connectivity index (χ0v) is 22.1. The van der Waals surface area contributed by atoms with E-state index >= 15 is 0 Å². The lowest BCUT2D eigenvalue weighted by atomic mass is 10.1. The second-order valence-corrected chi connectivity index (χ2v) is 9.54. The molecule has 176 valence electrons. The summed E-state index contributed by atoms with van der Waals surface area (Å²) in [5, 5.41) is 4.14. The summed E-state index contributed by atoms with van der Waals surface area (Å²) in [7, 11) is 5.18. The Hall–Kier alpha value is -2.25. The molecule has 0 unspecified atom stereocenters. The van der Waals surface area contributed by atoms with Crippen molar-refractivity contribution in [2.75, 3.05) is 52.3 Å². The first-order valence-corrected chi connectivity index (χ1v) is 14.0. The van der Waals surface area contributed by atoms with E-state index < -0.39 is 0 Å². The number of hydrogen-bond donors (Lipinski definition) is 1. The zero-order valence-electron chi connectivity index (χ0n) is 19.1. The summed E-state index contributed by atoms with van der Waals surface area (Å²) in [4.78, 5) is 26.4. The number of carbonyl (C=O) groups is 1. The molecule has 1 aromatic carbocycles. The molecule has 0 radical (unpaired) electrons. The van der Waals surface area contributed by atoms with Gasteiger partial charge in [0, 0.05) is 68.3 Å². The Morgan fingerprint density at radius 2 is 2.00 bits per heavy atom. The highest BCUT2D eigenvalue weighted by molar-refractivity contribution is 14.2. The number of methoxy groups -OCH3 is 1. The normalized spacial score (nSPS) is 14.5. The van der Waals surface area contributed by atoms with Gasteiger partial charge in [0.15, 0.2) is 5.65 Å². The molecule has 9 nitrogen and oxygen atoms in total. The number of anilines is 2. The fraction of sp³-hybridized carbons (Fsp3) is 0.409. The maximum absolute atomic E-state index is 13.0. The molecule has 1 saturated heterocycles. The maximum atomic E-state index is 13.0. The minimum absolute atomic E-state index is 0.0108. The van der Waals surface area contributed by atoms with Crippen LogP contribution in [0.1, 0.15) is 22.8 Å². The molecule has 1 amide bonds. The summed E-state index contributed by atoms with van der Waals surface area (Å²) >= 11 is 2.22. The summed E-state index contributed by atoms with van der Waals surface area (Å²) in [6.45, 7) is 7.64. The van der Waals surface area contributed by atoms with E-state index in [9.17, 15) is 4.79 Å². The lowest BCUT2D eigenvalue weighted by Gasteiger charge is -2.32. The second-order valence-electron chi connectivity index (χ2n) is 7.83. The van der Waals surface area contributed by atoms with Crippen LogP contribution >= 0.6 is 30.3 Å². The van der Waals surface area contributed by atoms with Crippen molar-refractivity contribution in [3.8, 4) is 11.6 Å². The summed E-state index contributed by atoms with van der Waals surface area (Å²) in [6, 6.07) is 5.40. The Balaban J connectivity index is 1.64. The molecular formula is C22H27IN6O3S. The van der Waals surface area contributed by atoms with Crippen LogP contribution in [0.4, 0.5) is 11.6 Å². The summed E-state index contributed by atoms with van der Waals surface area (Å²) in [5.41, 5.74) is 3.09. The Kier molecular flexibility index (Phi) is 7.49. The average Bonchev–Trinajstić information content (AvgIpc) is 3.15. The molecule has 1 aliphatic heterocycles. The van der Waals surface area contributed by atoms with E-state index in [2.05, 4.69) is 43.5 Å². The predicted molar refractivity (Wildman–Crippen MR) is 140 cm³/mol. The summed E-state index contributed by atoms with van der Waals surface area (Å²) < 4.78 is 13.4. The molecule has 4 rings (SSSR count). The van der Waals surface area contributed by atoms with Crippen LogP contribution in [0.15, 0.2) is 24.4 Å². The van der Waals surface area contributed by atoms with Crippen LogP contribution < -0.4 is 14.8 Å². The van der Waals surface area contributed by atoms with Gasteiger partial charge in [-0.2, -0.15) is 9.97 Å². The van der Waals surface area contributed by atoms with E-state index in [4.69, 9.17) is 14.5 Å². The number of nitrogens with zero attached hydrogens (tertiary/aromatic N) is 5. The molecule has 0 atom stereocenters. The fourth-order valence-electron chi connectivity index (χ4n) is 3.82. The lowest BCUT2D eigenvalue weighted by Crippen LogP contribution is -2.47. The van der Waals surface area contributed by atoms with E-state index in [1.54, 1.807) is 19.2 Å². The highest BCUT2D eigenvalue weighted by Crippen LogP contribution is 2.35. The monoisotopic (exact) mass is 582 g/mol. The van der Waals surface area contributed by atoms with Crippen molar-refractivity contribution in [3.63, 3.8) is 0 Å². The number of carbonyl (C=O) groups excluding carboxylic acids is 1. The van der Waals surface area contributed by atoms with E-state index in [0.717, 1.165) is 42.8 Å². The van der Waals surface area contributed by atoms with Crippen molar-refractivity contribution in [1.29, 1.82) is 0 Å². The first-order chi connectivity index (χ1) is 15.9. The van der Waals surface area contributed by atoms with Crippen LogP contribution in [0, 0.1) is 6.92 Å². The zero-order chi connectivity index (χ0) is 23.5. The molecule has 11 heteroatoms. The van der Waals surface area contributed by atoms with Crippen molar-refractivity contribution in [3.05, 3.63) is 35.5 Å². The van der Waals surface area contributed by atoms with Gasteiger partial charge in [-0.1, -0.05) is 0 Å². The van der Waals surface area contributed by atoms with Crippen LogP contribution in [0.2, 0.25) is 0 Å². The van der Waals surface area contributed by atoms with Crippen LogP contribution in [0.3, 0.4) is 0 Å². The van der Waals surface area contributed by atoms with Gasteiger partial charge in [-0.15, -0.1) is 0 Å². The molecule has 33 heavy (non-hydrogen) atoms. The van der Waals surface area contributed by atoms with Gasteiger partial charge in [0.25, 0.3) is 5.91 Å². The number of amides is 1. The summed E-state index contributed by atoms with van der Waals surface area (Å²) in [6.07, 6.45) is 2.02. The van der Waals surface area contributed by atoms with E-state index in [-0.39, 0.29) is 5.91 Å². The minimum Gasteiger partial charge on any atom is -0.495 e. The molecule has 0 bridgehead atoms. The molecule has 1 fully saturated rings. The lowest BCUT2D eigenvalue weighted by molar-refractivity contribution is 0.0664. The number of piperazine rings is 1. The first kappa shape index (κ1) is 23.9. The van der Waals surface area contributed by atoms with Gasteiger partial charge >= 0.3 is 0 Å². The van der Waals surface area contributed by atoms with Gasteiger partial charge in [-0.05, 0) is 44.7 Å².